The van der Waals surface area contributed by atoms with Crippen LogP contribution in [0.5, 0.6) is 0 Å². The van der Waals surface area contributed by atoms with Gasteiger partial charge in [-0.05, 0) is 0 Å². The fourth-order valence-electron chi connectivity index (χ4n) is 1.12. The highest BCUT2D eigenvalue weighted by atomic mass is 19.2. The molecule has 1 rings (SSSR count). The van der Waals surface area contributed by atoms with Crippen LogP contribution < -0.4 is 4.90 Å². The van der Waals surface area contributed by atoms with Gasteiger partial charge < -0.3 is 4.90 Å². The van der Waals surface area contributed by atoms with Gasteiger partial charge in [0.2, 0.25) is 5.82 Å². The van der Waals surface area contributed by atoms with Crippen molar-refractivity contribution in [2.75, 3.05) is 19.0 Å². The summed E-state index contributed by atoms with van der Waals surface area (Å²) >= 11 is 0. The van der Waals surface area contributed by atoms with E-state index in [0.29, 0.717) is 6.07 Å². The van der Waals surface area contributed by atoms with Gasteiger partial charge in [-0.3, -0.25) is 10.1 Å². The Labute approximate surface area is 83.1 Å². The number of halogens is 3. The van der Waals surface area contributed by atoms with Gasteiger partial charge >= 0.3 is 5.69 Å². The average molecular weight is 220 g/mol. The molecule has 1 aromatic rings. The summed E-state index contributed by atoms with van der Waals surface area (Å²) in [5, 5.41) is 10.2. The summed E-state index contributed by atoms with van der Waals surface area (Å²) in [6.45, 7) is 0. The molecule has 0 aromatic heterocycles. The largest absolute Gasteiger partial charge is 0.373 e. The zero-order chi connectivity index (χ0) is 11.7. The Morgan fingerprint density at radius 3 is 2.20 bits per heavy atom. The number of hydrogen-bond donors (Lipinski definition) is 0. The number of nitrogens with zero attached hydrogens (tertiary/aromatic N) is 2. The fraction of sp³-hybridized carbons (Fsp3) is 0.250. The Hall–Kier alpha value is -1.79. The Kier molecular flexibility index (Phi) is 2.83. The molecule has 0 amide bonds. The Morgan fingerprint density at radius 2 is 1.80 bits per heavy atom. The molecule has 0 N–H and O–H groups in total. The molecule has 7 heteroatoms. The summed E-state index contributed by atoms with van der Waals surface area (Å²) in [5.74, 6) is -4.40. The first-order chi connectivity index (χ1) is 6.86. The molecule has 0 aliphatic heterocycles. The quantitative estimate of drug-likeness (QED) is 0.435. The Bertz CT molecular complexity index is 421. The summed E-state index contributed by atoms with van der Waals surface area (Å²) < 4.78 is 39.4. The van der Waals surface area contributed by atoms with Crippen molar-refractivity contribution in [2.24, 2.45) is 0 Å². The van der Waals surface area contributed by atoms with Crippen molar-refractivity contribution in [3.8, 4) is 0 Å². The van der Waals surface area contributed by atoms with Crippen LogP contribution in [0.2, 0.25) is 0 Å². The topological polar surface area (TPSA) is 46.4 Å². The molecule has 0 aliphatic rings. The lowest BCUT2D eigenvalue weighted by atomic mass is 10.2. The molecule has 0 bridgehead atoms. The second kappa shape index (κ2) is 3.76. The second-order valence-electron chi connectivity index (χ2n) is 3.01. The van der Waals surface area contributed by atoms with Crippen LogP contribution >= 0.6 is 0 Å². The molecule has 0 fully saturated rings. The molecule has 0 unspecified atom stereocenters. The van der Waals surface area contributed by atoms with Crippen molar-refractivity contribution in [1.29, 1.82) is 0 Å². The highest BCUT2D eigenvalue weighted by Crippen LogP contribution is 2.30. The molecule has 0 atom stereocenters. The molecule has 0 radical (unpaired) electrons. The molecule has 82 valence electrons. The third kappa shape index (κ3) is 1.85. The van der Waals surface area contributed by atoms with E-state index in [0.717, 1.165) is 4.90 Å². The SMILES string of the molecule is CN(C)c1c(F)cc([N+](=O)[O-])c(F)c1F. The highest BCUT2D eigenvalue weighted by molar-refractivity contribution is 5.53. The van der Waals surface area contributed by atoms with Crippen molar-refractivity contribution in [3.05, 3.63) is 33.6 Å². The van der Waals surface area contributed by atoms with E-state index >= 15 is 0 Å². The summed E-state index contributed by atoms with van der Waals surface area (Å²) in [6.07, 6.45) is 0. The number of nitro groups is 1. The third-order valence-electron chi connectivity index (χ3n) is 1.76. The number of nitro benzene ring substituents is 1. The van der Waals surface area contributed by atoms with Gasteiger partial charge in [0.15, 0.2) is 11.6 Å². The van der Waals surface area contributed by atoms with E-state index in [1.807, 2.05) is 0 Å². The van der Waals surface area contributed by atoms with Gasteiger partial charge in [0, 0.05) is 14.1 Å². The lowest BCUT2D eigenvalue weighted by molar-refractivity contribution is -0.388. The third-order valence-corrected chi connectivity index (χ3v) is 1.76. The molecule has 1 aromatic carbocycles. The normalized spacial score (nSPS) is 10.2. The maximum atomic E-state index is 13.2. The number of rotatable bonds is 2. The first-order valence-electron chi connectivity index (χ1n) is 3.85. The fourth-order valence-corrected chi connectivity index (χ4v) is 1.12. The van der Waals surface area contributed by atoms with E-state index in [1.165, 1.54) is 14.1 Å². The number of benzene rings is 1. The molecule has 0 saturated carbocycles. The summed E-state index contributed by atoms with van der Waals surface area (Å²) in [6, 6.07) is 0.355. The molecule has 0 aliphatic carbocycles. The first-order valence-corrected chi connectivity index (χ1v) is 3.85. The van der Waals surface area contributed by atoms with Crippen molar-refractivity contribution in [2.45, 2.75) is 0 Å². The molecule has 0 saturated heterocycles. The molecular formula is C8H7F3N2O2. The van der Waals surface area contributed by atoms with Crippen molar-refractivity contribution in [1.82, 2.24) is 0 Å². The van der Waals surface area contributed by atoms with E-state index in [4.69, 9.17) is 0 Å². The van der Waals surface area contributed by atoms with Crippen molar-refractivity contribution < 1.29 is 18.1 Å². The average Bonchev–Trinajstić information content (AvgIpc) is 2.10. The lowest BCUT2D eigenvalue weighted by Gasteiger charge is -2.14. The van der Waals surface area contributed by atoms with Crippen LogP contribution in [0, 0.1) is 27.6 Å². The minimum Gasteiger partial charge on any atom is -0.373 e. The van der Waals surface area contributed by atoms with Gasteiger partial charge in [0.05, 0.1) is 11.0 Å². The monoisotopic (exact) mass is 220 g/mol. The van der Waals surface area contributed by atoms with Crippen molar-refractivity contribution in [3.63, 3.8) is 0 Å². The van der Waals surface area contributed by atoms with Crippen LogP contribution in [0.15, 0.2) is 6.07 Å². The maximum Gasteiger partial charge on any atom is 0.310 e. The molecule has 15 heavy (non-hydrogen) atoms. The first kappa shape index (κ1) is 11.3. The van der Waals surface area contributed by atoms with E-state index in [-0.39, 0.29) is 0 Å². The van der Waals surface area contributed by atoms with Crippen LogP contribution in [-0.2, 0) is 0 Å². The predicted octanol–water partition coefficient (Wildman–Crippen LogP) is 2.08. The Balaban J connectivity index is 3.51. The van der Waals surface area contributed by atoms with E-state index < -0.39 is 33.7 Å². The van der Waals surface area contributed by atoms with Gasteiger partial charge in [-0.15, -0.1) is 0 Å². The van der Waals surface area contributed by atoms with E-state index in [1.54, 1.807) is 0 Å². The van der Waals surface area contributed by atoms with Gasteiger partial charge in [0.1, 0.15) is 5.69 Å². The van der Waals surface area contributed by atoms with Gasteiger partial charge in [-0.25, -0.2) is 8.78 Å². The number of hydrogen-bond acceptors (Lipinski definition) is 3. The molecule has 4 nitrogen and oxygen atoms in total. The van der Waals surface area contributed by atoms with Crippen LogP contribution in [0.25, 0.3) is 0 Å². The predicted molar refractivity (Wildman–Crippen MR) is 47.3 cm³/mol. The highest BCUT2D eigenvalue weighted by Gasteiger charge is 2.26. The minimum atomic E-state index is -1.66. The van der Waals surface area contributed by atoms with E-state index in [2.05, 4.69) is 0 Å². The summed E-state index contributed by atoms with van der Waals surface area (Å²) in [5.41, 5.74) is -1.85. The number of anilines is 1. The lowest BCUT2D eigenvalue weighted by Crippen LogP contribution is -2.14. The van der Waals surface area contributed by atoms with Crippen LogP contribution in [-0.4, -0.2) is 19.0 Å². The van der Waals surface area contributed by atoms with Crippen molar-refractivity contribution >= 4 is 11.4 Å². The van der Waals surface area contributed by atoms with Crippen LogP contribution in [0.4, 0.5) is 24.5 Å². The maximum absolute atomic E-state index is 13.2. The van der Waals surface area contributed by atoms with E-state index in [9.17, 15) is 23.3 Å². The Morgan fingerprint density at radius 1 is 1.27 bits per heavy atom. The smallest absolute Gasteiger partial charge is 0.310 e. The molecule has 0 spiro atoms. The van der Waals surface area contributed by atoms with Gasteiger partial charge in [-0.1, -0.05) is 0 Å². The molecule has 0 heterocycles. The molecular weight excluding hydrogens is 213 g/mol. The summed E-state index contributed by atoms with van der Waals surface area (Å²) in [7, 11) is 2.60. The van der Waals surface area contributed by atoms with Gasteiger partial charge in [-0.2, -0.15) is 4.39 Å². The standard InChI is InChI=1S/C8H7F3N2O2/c1-12(2)8-4(9)3-5(13(14)15)6(10)7(8)11/h3H,1-2H3. The second-order valence-corrected chi connectivity index (χ2v) is 3.01. The summed E-state index contributed by atoms with van der Waals surface area (Å²) in [4.78, 5) is 10.0. The minimum absolute atomic E-state index is 0.355. The zero-order valence-electron chi connectivity index (χ0n) is 7.92. The van der Waals surface area contributed by atoms with Crippen LogP contribution in [0.3, 0.4) is 0 Å². The van der Waals surface area contributed by atoms with Crippen LogP contribution in [0.1, 0.15) is 0 Å². The zero-order valence-corrected chi connectivity index (χ0v) is 7.92. The van der Waals surface area contributed by atoms with Gasteiger partial charge in [0.25, 0.3) is 0 Å².